The lowest BCUT2D eigenvalue weighted by molar-refractivity contribution is -0.142. The number of hydrogen-bond donors (Lipinski definition) is 0. The molecule has 0 aliphatic rings. The van der Waals surface area contributed by atoms with E-state index in [1.165, 1.54) is 0 Å². The largest absolute Gasteiger partial charge is 0.465 e. The fraction of sp³-hybridized carbons (Fsp3) is 0.875. The molecule has 2 atom stereocenters. The molecular formula is C8H16ClO4P. The molecule has 0 aliphatic carbocycles. The average molecular weight is 243 g/mol. The van der Waals surface area contributed by atoms with E-state index in [9.17, 15) is 9.36 Å². The second-order valence-corrected chi connectivity index (χ2v) is 5.95. The molecule has 0 heterocycles. The highest BCUT2D eigenvalue weighted by molar-refractivity contribution is 7.86. The third kappa shape index (κ3) is 3.99. The maximum absolute atomic E-state index is 11.7. The van der Waals surface area contributed by atoms with Gasteiger partial charge in [0, 0.05) is 0 Å². The van der Waals surface area contributed by atoms with Gasteiger partial charge in [0.25, 0.3) is 0 Å². The van der Waals surface area contributed by atoms with Crippen molar-refractivity contribution in [3.05, 3.63) is 0 Å². The molecule has 84 valence electrons. The zero-order chi connectivity index (χ0) is 11.2. The van der Waals surface area contributed by atoms with Crippen molar-refractivity contribution in [3.63, 3.8) is 0 Å². The molecule has 0 radical (unpaired) electrons. The molecule has 14 heavy (non-hydrogen) atoms. The Bertz CT molecular complexity index is 231. The Hall–Kier alpha value is -0.0500. The summed E-state index contributed by atoms with van der Waals surface area (Å²) in [7, 11) is 0. The number of ether oxygens (including phenoxy) is 1. The van der Waals surface area contributed by atoms with Gasteiger partial charge in [-0.15, -0.1) is 0 Å². The third-order valence-corrected chi connectivity index (χ3v) is 4.55. The molecule has 0 saturated carbocycles. The van der Waals surface area contributed by atoms with Crippen LogP contribution in [0.2, 0.25) is 0 Å². The van der Waals surface area contributed by atoms with Gasteiger partial charge in [0.15, 0.2) is 0 Å². The molecule has 0 aromatic heterocycles. The summed E-state index contributed by atoms with van der Waals surface area (Å²) in [5.41, 5.74) is -0.857. The van der Waals surface area contributed by atoms with E-state index < -0.39 is 18.3 Å². The fourth-order valence-corrected chi connectivity index (χ4v) is 3.26. The molecule has 0 bridgehead atoms. The predicted molar refractivity (Wildman–Crippen MR) is 55.8 cm³/mol. The topological polar surface area (TPSA) is 52.6 Å². The molecule has 0 spiro atoms. The summed E-state index contributed by atoms with van der Waals surface area (Å²) in [6.07, 6.45) is 0.347. The monoisotopic (exact) mass is 242 g/mol. The van der Waals surface area contributed by atoms with Gasteiger partial charge < -0.3 is 9.26 Å². The second kappa shape index (κ2) is 6.44. The van der Waals surface area contributed by atoms with E-state index >= 15 is 0 Å². The molecular weight excluding hydrogens is 227 g/mol. The SMILES string of the molecule is CCOC(=O)C(CC)P(=O)(Cl)OCC. The van der Waals surface area contributed by atoms with Gasteiger partial charge in [-0.2, -0.15) is 0 Å². The van der Waals surface area contributed by atoms with E-state index in [-0.39, 0.29) is 13.2 Å². The molecule has 2 unspecified atom stereocenters. The van der Waals surface area contributed by atoms with Crippen LogP contribution >= 0.6 is 18.0 Å². The number of carbonyl (C=O) groups is 1. The molecule has 0 aromatic rings. The Morgan fingerprint density at radius 1 is 1.36 bits per heavy atom. The van der Waals surface area contributed by atoms with Gasteiger partial charge in [-0.1, -0.05) is 6.92 Å². The summed E-state index contributed by atoms with van der Waals surface area (Å²) in [5.74, 6) is -0.554. The Kier molecular flexibility index (Phi) is 6.41. The fourth-order valence-electron chi connectivity index (χ4n) is 1.02. The van der Waals surface area contributed by atoms with Crippen molar-refractivity contribution in [1.29, 1.82) is 0 Å². The maximum atomic E-state index is 11.7. The number of rotatable bonds is 6. The Labute approximate surface area is 89.2 Å². The Morgan fingerprint density at radius 2 is 1.93 bits per heavy atom. The zero-order valence-electron chi connectivity index (χ0n) is 8.66. The van der Waals surface area contributed by atoms with E-state index in [2.05, 4.69) is 0 Å². The first-order chi connectivity index (χ1) is 6.49. The third-order valence-electron chi connectivity index (χ3n) is 1.62. The molecule has 4 nitrogen and oxygen atoms in total. The van der Waals surface area contributed by atoms with Gasteiger partial charge in [0.05, 0.1) is 13.2 Å². The highest BCUT2D eigenvalue weighted by Gasteiger charge is 2.37. The molecule has 0 N–H and O–H groups in total. The Morgan fingerprint density at radius 3 is 2.29 bits per heavy atom. The molecule has 0 fully saturated rings. The van der Waals surface area contributed by atoms with Crippen molar-refractivity contribution in [3.8, 4) is 0 Å². The predicted octanol–water partition coefficient (Wildman–Crippen LogP) is 2.80. The van der Waals surface area contributed by atoms with Crippen LogP contribution in [0.1, 0.15) is 27.2 Å². The normalized spacial score (nSPS) is 17.1. The summed E-state index contributed by atoms with van der Waals surface area (Å²) in [6.45, 7) is 2.15. The van der Waals surface area contributed by atoms with Gasteiger partial charge in [0.2, 0.25) is 0 Å². The minimum Gasteiger partial charge on any atom is -0.465 e. The van der Waals surface area contributed by atoms with E-state index in [1.54, 1.807) is 20.8 Å². The van der Waals surface area contributed by atoms with Crippen LogP contribution in [0.5, 0.6) is 0 Å². The molecule has 0 aromatic carbocycles. The van der Waals surface area contributed by atoms with Crippen LogP contribution < -0.4 is 0 Å². The van der Waals surface area contributed by atoms with Crippen LogP contribution in [-0.2, 0) is 18.6 Å². The van der Waals surface area contributed by atoms with Gasteiger partial charge in [0.1, 0.15) is 5.66 Å². The summed E-state index contributed by atoms with van der Waals surface area (Å²) in [5, 5.41) is 0. The van der Waals surface area contributed by atoms with Crippen LogP contribution in [0.3, 0.4) is 0 Å². The molecule has 0 amide bonds. The summed E-state index contributed by atoms with van der Waals surface area (Å²) in [4.78, 5) is 11.3. The lowest BCUT2D eigenvalue weighted by Crippen LogP contribution is -2.22. The first-order valence-electron chi connectivity index (χ1n) is 4.60. The second-order valence-electron chi connectivity index (χ2n) is 2.61. The van der Waals surface area contributed by atoms with E-state index in [1.807, 2.05) is 0 Å². The van der Waals surface area contributed by atoms with E-state index in [0.717, 1.165) is 0 Å². The van der Waals surface area contributed by atoms with Crippen LogP contribution in [0.15, 0.2) is 0 Å². The maximum Gasteiger partial charge on any atom is 0.320 e. The highest BCUT2D eigenvalue weighted by atomic mass is 35.7. The van der Waals surface area contributed by atoms with E-state index in [4.69, 9.17) is 20.5 Å². The quantitative estimate of drug-likeness (QED) is 0.531. The average Bonchev–Trinajstić information content (AvgIpc) is 2.04. The summed E-state index contributed by atoms with van der Waals surface area (Å²) >= 11 is 5.67. The van der Waals surface area contributed by atoms with Gasteiger partial charge in [-0.25, -0.2) is 0 Å². The van der Waals surface area contributed by atoms with Gasteiger partial charge >= 0.3 is 12.7 Å². The van der Waals surface area contributed by atoms with Crippen molar-refractivity contribution in [2.75, 3.05) is 13.2 Å². The molecule has 0 rings (SSSR count). The van der Waals surface area contributed by atoms with Crippen LogP contribution in [0.25, 0.3) is 0 Å². The van der Waals surface area contributed by atoms with Crippen LogP contribution in [0, 0.1) is 0 Å². The lowest BCUT2D eigenvalue weighted by Gasteiger charge is -2.18. The molecule has 6 heteroatoms. The minimum atomic E-state index is -3.39. The summed E-state index contributed by atoms with van der Waals surface area (Å²) < 4.78 is 21.3. The van der Waals surface area contributed by atoms with Gasteiger partial charge in [-0.05, 0) is 31.5 Å². The number of hydrogen-bond acceptors (Lipinski definition) is 4. The zero-order valence-corrected chi connectivity index (χ0v) is 10.3. The van der Waals surface area contributed by atoms with Crippen molar-refractivity contribution in [1.82, 2.24) is 0 Å². The molecule has 0 saturated heterocycles. The smallest absolute Gasteiger partial charge is 0.320 e. The first-order valence-corrected chi connectivity index (χ1v) is 7.20. The van der Waals surface area contributed by atoms with Crippen molar-refractivity contribution < 1.29 is 18.6 Å². The van der Waals surface area contributed by atoms with Crippen molar-refractivity contribution in [2.45, 2.75) is 32.9 Å². The minimum absolute atomic E-state index is 0.219. The highest BCUT2D eigenvalue weighted by Crippen LogP contribution is 2.58. The molecule has 0 aliphatic heterocycles. The number of halogens is 1. The Balaban J connectivity index is 4.53. The van der Waals surface area contributed by atoms with Crippen LogP contribution in [-0.4, -0.2) is 24.8 Å². The van der Waals surface area contributed by atoms with Gasteiger partial charge in [-0.3, -0.25) is 9.36 Å². The van der Waals surface area contributed by atoms with E-state index in [0.29, 0.717) is 6.42 Å². The van der Waals surface area contributed by atoms with Crippen molar-refractivity contribution >= 4 is 23.9 Å². The standard InChI is InChI=1S/C8H16ClO4P/c1-4-7(8(10)12-5-2)14(9,11)13-6-3/h7H,4-6H2,1-3H3. The lowest BCUT2D eigenvalue weighted by atomic mass is 10.3. The number of carbonyl (C=O) groups excluding carboxylic acids is 1. The summed E-state index contributed by atoms with van der Waals surface area (Å²) in [6, 6.07) is 0. The van der Waals surface area contributed by atoms with Crippen molar-refractivity contribution in [2.24, 2.45) is 0 Å². The first kappa shape index (κ1) is 13.9. The number of esters is 1. The van der Waals surface area contributed by atoms with Crippen LogP contribution in [0.4, 0.5) is 0 Å².